The highest BCUT2D eigenvalue weighted by molar-refractivity contribution is 7.07. The maximum atomic E-state index is 11.5. The van der Waals surface area contributed by atoms with Crippen molar-refractivity contribution in [1.82, 2.24) is 4.90 Å². The van der Waals surface area contributed by atoms with Crippen molar-refractivity contribution in [2.45, 2.75) is 13.0 Å². The lowest BCUT2D eigenvalue weighted by atomic mass is 10.2. The van der Waals surface area contributed by atoms with Crippen LogP contribution in [0.3, 0.4) is 0 Å². The number of hydrogen-bond donors (Lipinski definition) is 1. The summed E-state index contributed by atoms with van der Waals surface area (Å²) in [4.78, 5) is 24.0. The maximum absolute atomic E-state index is 11.5. The number of β-amino-alcohol motifs (C(OH)–C–C–N with tert-alkyl or cyclic N) is 1. The zero-order valence-electron chi connectivity index (χ0n) is 8.71. The van der Waals surface area contributed by atoms with Crippen molar-refractivity contribution in [1.29, 1.82) is 0 Å². The summed E-state index contributed by atoms with van der Waals surface area (Å²) >= 11 is 1.47. The Bertz CT molecular complexity index is 450. The van der Waals surface area contributed by atoms with E-state index in [0.29, 0.717) is 5.57 Å². The van der Waals surface area contributed by atoms with E-state index in [1.165, 1.54) is 17.4 Å². The Morgan fingerprint density at radius 2 is 2.25 bits per heavy atom. The van der Waals surface area contributed by atoms with Crippen LogP contribution in [0.4, 0.5) is 0 Å². The first-order valence-electron chi connectivity index (χ1n) is 4.84. The molecule has 1 aromatic heterocycles. The number of amides is 2. The lowest BCUT2D eigenvalue weighted by Crippen LogP contribution is -2.34. The Morgan fingerprint density at radius 3 is 2.75 bits per heavy atom. The normalized spacial score (nSPS) is 17.9. The van der Waals surface area contributed by atoms with Crippen molar-refractivity contribution in [2.75, 3.05) is 6.54 Å². The molecule has 2 amide bonds. The number of aliphatic hydroxyl groups is 1. The van der Waals surface area contributed by atoms with Crippen LogP contribution in [0.25, 0.3) is 0 Å². The van der Waals surface area contributed by atoms with Crippen molar-refractivity contribution in [3.8, 4) is 0 Å². The van der Waals surface area contributed by atoms with Crippen molar-refractivity contribution in [2.24, 2.45) is 0 Å². The van der Waals surface area contributed by atoms with E-state index in [1.54, 1.807) is 18.4 Å². The summed E-state index contributed by atoms with van der Waals surface area (Å²) in [5, 5.41) is 13.5. The Hall–Kier alpha value is -1.46. The van der Waals surface area contributed by atoms with E-state index in [9.17, 15) is 14.7 Å². The van der Waals surface area contributed by atoms with Crippen LogP contribution >= 0.6 is 11.3 Å². The lowest BCUT2D eigenvalue weighted by molar-refractivity contribution is -0.138. The molecule has 0 radical (unpaired) electrons. The highest BCUT2D eigenvalue weighted by atomic mass is 32.1. The van der Waals surface area contributed by atoms with E-state index >= 15 is 0 Å². The SMILES string of the molecule is CC1=CC(=O)N(CC(O)c2ccsc2)C1=O. The molecule has 0 spiro atoms. The molecule has 0 fully saturated rings. The second-order valence-corrected chi connectivity index (χ2v) is 4.43. The van der Waals surface area contributed by atoms with E-state index in [1.807, 2.05) is 5.38 Å². The molecule has 1 aliphatic heterocycles. The van der Waals surface area contributed by atoms with Crippen LogP contribution in [0.1, 0.15) is 18.6 Å². The summed E-state index contributed by atoms with van der Waals surface area (Å²) in [7, 11) is 0. The molecular weight excluding hydrogens is 226 g/mol. The van der Waals surface area contributed by atoms with Gasteiger partial charge in [-0.2, -0.15) is 11.3 Å². The van der Waals surface area contributed by atoms with Crippen molar-refractivity contribution in [3.63, 3.8) is 0 Å². The van der Waals surface area contributed by atoms with Gasteiger partial charge in [-0.3, -0.25) is 14.5 Å². The predicted octanol–water partition coefficient (Wildman–Crippen LogP) is 1.10. The van der Waals surface area contributed by atoms with Gasteiger partial charge in [0.2, 0.25) is 0 Å². The highest BCUT2D eigenvalue weighted by Gasteiger charge is 2.30. The van der Waals surface area contributed by atoms with Gasteiger partial charge in [0.05, 0.1) is 12.6 Å². The Labute approximate surface area is 96.8 Å². The molecule has 1 N–H and O–H groups in total. The number of carbonyl (C=O) groups is 2. The van der Waals surface area contributed by atoms with Gasteiger partial charge in [-0.05, 0) is 29.3 Å². The maximum Gasteiger partial charge on any atom is 0.256 e. The number of carbonyl (C=O) groups excluding carboxylic acids is 2. The molecule has 1 atom stereocenters. The molecule has 1 aliphatic rings. The fourth-order valence-corrected chi connectivity index (χ4v) is 2.26. The van der Waals surface area contributed by atoms with Crippen molar-refractivity contribution >= 4 is 23.2 Å². The number of imide groups is 1. The third-order valence-electron chi connectivity index (χ3n) is 2.47. The van der Waals surface area contributed by atoms with Gasteiger partial charge in [0.1, 0.15) is 0 Å². The van der Waals surface area contributed by atoms with Gasteiger partial charge in [0.25, 0.3) is 11.8 Å². The lowest BCUT2D eigenvalue weighted by Gasteiger charge is -2.18. The average molecular weight is 237 g/mol. The number of thiophene rings is 1. The molecule has 1 aromatic rings. The number of aliphatic hydroxyl groups excluding tert-OH is 1. The summed E-state index contributed by atoms with van der Waals surface area (Å²) in [6.45, 7) is 1.61. The minimum absolute atomic E-state index is 0.0161. The molecular formula is C11H11NO3S. The molecule has 0 aromatic carbocycles. The average Bonchev–Trinajstić information content (AvgIpc) is 2.83. The predicted molar refractivity (Wildman–Crippen MR) is 59.8 cm³/mol. The Morgan fingerprint density at radius 1 is 1.50 bits per heavy atom. The molecule has 16 heavy (non-hydrogen) atoms. The second kappa shape index (κ2) is 4.19. The van der Waals surface area contributed by atoms with Gasteiger partial charge < -0.3 is 5.11 Å². The first-order valence-corrected chi connectivity index (χ1v) is 5.78. The van der Waals surface area contributed by atoms with Crippen LogP contribution in [0.15, 0.2) is 28.5 Å². The van der Waals surface area contributed by atoms with Crippen LogP contribution in [0.5, 0.6) is 0 Å². The van der Waals surface area contributed by atoms with Crippen LogP contribution in [-0.2, 0) is 9.59 Å². The standard InChI is InChI=1S/C11H11NO3S/c1-7-4-10(14)12(11(7)15)5-9(13)8-2-3-16-6-8/h2-4,6,9,13H,5H2,1H3. The van der Waals surface area contributed by atoms with Gasteiger partial charge >= 0.3 is 0 Å². The monoisotopic (exact) mass is 237 g/mol. The van der Waals surface area contributed by atoms with E-state index in [-0.39, 0.29) is 18.4 Å². The number of rotatable bonds is 3. The molecule has 4 nitrogen and oxygen atoms in total. The fourth-order valence-electron chi connectivity index (χ4n) is 1.55. The minimum atomic E-state index is -0.807. The van der Waals surface area contributed by atoms with Crippen LogP contribution in [-0.4, -0.2) is 28.4 Å². The molecule has 84 valence electrons. The molecule has 2 rings (SSSR count). The first kappa shape index (κ1) is 11.0. The van der Waals surface area contributed by atoms with Crippen LogP contribution in [0, 0.1) is 0 Å². The summed E-state index contributed by atoms with van der Waals surface area (Å²) in [5.41, 5.74) is 1.15. The third-order valence-corrected chi connectivity index (χ3v) is 3.17. The van der Waals surface area contributed by atoms with Crippen molar-refractivity contribution in [3.05, 3.63) is 34.0 Å². The zero-order chi connectivity index (χ0) is 11.7. The number of nitrogens with zero attached hydrogens (tertiary/aromatic N) is 1. The van der Waals surface area contributed by atoms with Gasteiger partial charge in [-0.15, -0.1) is 0 Å². The van der Waals surface area contributed by atoms with E-state index in [4.69, 9.17) is 0 Å². The number of hydrogen-bond acceptors (Lipinski definition) is 4. The topological polar surface area (TPSA) is 57.6 Å². The van der Waals surface area contributed by atoms with Gasteiger partial charge in [0.15, 0.2) is 0 Å². The summed E-state index contributed by atoms with van der Waals surface area (Å²) in [6, 6.07) is 1.78. The molecule has 1 unspecified atom stereocenters. The Kier molecular flexibility index (Phi) is 2.89. The first-order chi connectivity index (χ1) is 7.59. The third kappa shape index (κ3) is 1.91. The summed E-state index contributed by atoms with van der Waals surface area (Å²) in [6.07, 6.45) is 0.487. The second-order valence-electron chi connectivity index (χ2n) is 3.65. The minimum Gasteiger partial charge on any atom is -0.387 e. The van der Waals surface area contributed by atoms with Gasteiger partial charge in [0, 0.05) is 11.6 Å². The van der Waals surface area contributed by atoms with E-state index < -0.39 is 6.10 Å². The fraction of sp³-hybridized carbons (Fsp3) is 0.273. The molecule has 2 heterocycles. The zero-order valence-corrected chi connectivity index (χ0v) is 9.53. The summed E-state index contributed by atoms with van der Waals surface area (Å²) in [5.74, 6) is -0.670. The van der Waals surface area contributed by atoms with Gasteiger partial charge in [-0.25, -0.2) is 0 Å². The summed E-state index contributed by atoms with van der Waals surface area (Å²) < 4.78 is 0. The smallest absolute Gasteiger partial charge is 0.256 e. The Balaban J connectivity index is 2.07. The van der Waals surface area contributed by atoms with Gasteiger partial charge in [-0.1, -0.05) is 0 Å². The largest absolute Gasteiger partial charge is 0.387 e. The van der Waals surface area contributed by atoms with E-state index in [2.05, 4.69) is 0 Å². The van der Waals surface area contributed by atoms with Crippen LogP contribution < -0.4 is 0 Å². The quantitative estimate of drug-likeness (QED) is 0.801. The molecule has 5 heteroatoms. The van der Waals surface area contributed by atoms with Crippen molar-refractivity contribution < 1.29 is 14.7 Å². The molecule has 0 bridgehead atoms. The highest BCUT2D eigenvalue weighted by Crippen LogP contribution is 2.20. The van der Waals surface area contributed by atoms with E-state index in [0.717, 1.165) is 10.5 Å². The van der Waals surface area contributed by atoms with Crippen LogP contribution in [0.2, 0.25) is 0 Å². The molecule has 0 saturated heterocycles. The molecule has 0 aliphatic carbocycles. The molecule has 0 saturated carbocycles.